The van der Waals surface area contributed by atoms with E-state index in [2.05, 4.69) is 0 Å². The minimum absolute atomic E-state index is 0.00909. The first-order valence-corrected chi connectivity index (χ1v) is 29.3. The Hall–Kier alpha value is -4.60. The maximum atomic E-state index is 17.4. The molecular weight excluding hydrogens is 1090 g/mol. The zero-order valence-corrected chi connectivity index (χ0v) is 47.9. The minimum atomic E-state index is -5.93. The number of thiophene rings is 6. The molecule has 0 bridgehead atoms. The summed E-state index contributed by atoms with van der Waals surface area (Å²) in [4.78, 5) is 53.9. The lowest BCUT2D eigenvalue weighted by atomic mass is 9.93. The minimum Gasteiger partial charge on any atom is -0.481 e. The zero-order valence-electron chi connectivity index (χ0n) is 43.0. The highest BCUT2D eigenvalue weighted by atomic mass is 32.1. The number of carbonyl (C=O) groups excluding carboxylic acids is 2. The van der Waals surface area contributed by atoms with E-state index in [1.165, 1.54) is 34.8 Å². The van der Waals surface area contributed by atoms with Crippen LogP contribution in [-0.2, 0) is 50.7 Å². The molecular formula is C55H58F6O8S6. The van der Waals surface area contributed by atoms with Crippen LogP contribution in [0.1, 0.15) is 151 Å². The normalized spacial score (nSPS) is 15.7. The lowest BCUT2D eigenvalue weighted by Crippen LogP contribution is -2.48. The molecule has 0 aliphatic heterocycles. The van der Waals surface area contributed by atoms with E-state index in [1.54, 1.807) is 64.1 Å². The summed E-state index contributed by atoms with van der Waals surface area (Å²) >= 11 is 6.78. The number of carboxylic acids is 2. The van der Waals surface area contributed by atoms with Crippen molar-refractivity contribution >= 4 is 103 Å². The average molecular weight is 1150 g/mol. The Balaban J connectivity index is 1.52. The van der Waals surface area contributed by atoms with Crippen molar-refractivity contribution in [2.45, 2.75) is 160 Å². The van der Waals surface area contributed by atoms with Crippen molar-refractivity contribution in [3.8, 4) is 39.0 Å². The summed E-state index contributed by atoms with van der Waals surface area (Å²) in [5.74, 6) is -20.8. The van der Waals surface area contributed by atoms with Crippen molar-refractivity contribution in [3.63, 3.8) is 0 Å². The highest BCUT2D eigenvalue weighted by Crippen LogP contribution is 2.68. The molecule has 0 aromatic carbocycles. The summed E-state index contributed by atoms with van der Waals surface area (Å²) in [5.41, 5.74) is -7.39. The number of carboxylic acid groups (broad SMARTS) is 2. The van der Waals surface area contributed by atoms with Crippen LogP contribution in [0.15, 0.2) is 60.7 Å². The third-order valence-electron chi connectivity index (χ3n) is 13.4. The molecule has 7 rings (SSSR count). The van der Waals surface area contributed by atoms with E-state index in [0.717, 1.165) is 55.1 Å². The van der Waals surface area contributed by atoms with Gasteiger partial charge in [-0.25, -0.2) is 0 Å². The van der Waals surface area contributed by atoms with Gasteiger partial charge in [0, 0.05) is 71.0 Å². The fraction of sp³-hybridized carbons (Fsp3) is 0.455. The van der Waals surface area contributed by atoms with Gasteiger partial charge in [-0.2, -0.15) is 26.3 Å². The highest BCUT2D eigenvalue weighted by molar-refractivity contribution is 7.27. The second-order valence-corrected chi connectivity index (χ2v) is 26.9. The third kappa shape index (κ3) is 11.0. The maximum Gasteiger partial charge on any atom is 0.380 e. The van der Waals surface area contributed by atoms with Crippen molar-refractivity contribution in [3.05, 3.63) is 91.3 Å². The van der Waals surface area contributed by atoms with Crippen LogP contribution in [0.4, 0.5) is 26.3 Å². The van der Waals surface area contributed by atoms with Crippen LogP contribution in [0.25, 0.3) is 50.2 Å². The van der Waals surface area contributed by atoms with Crippen LogP contribution in [0.2, 0.25) is 0 Å². The standard InChI is InChI=1S/C55H58F6O8S6/c1-11-51(12-2,68-43(66)25-23-41(62)63)39-21-17-33(72-39)47-29(27-35(74-47)31-15-19-37(70-31)49(5,6)7)45-46(54(58,59)55(60,61)53(45,56)57)30-28-36(32-16-20-38(71-32)50(8,9)10)75-48(30)34-18-22-40(73-34)52(13-3,14-4)69-44(67)26-24-42(64)65/h15-22,27-28H,11-14,23-26H2,1-10H3,(H,62,63)(H,64,65). The Morgan fingerprint density at radius 3 is 1.05 bits per heavy atom. The van der Waals surface area contributed by atoms with Crippen LogP contribution < -0.4 is 0 Å². The number of aliphatic carboxylic acids is 2. The SMILES string of the molecule is CCC(CC)(OC(=O)CCC(=O)O)c1ccc(-c2sc(-c3ccc(C(C)(C)C)s3)cc2C2=C(c3cc(-c4ccc(C(C)(C)C)s4)sc3-c3ccc(C(CC)(CC)OC(=O)CCC(=O)O)s3)C(F)(F)C(F)(F)C2(F)F)s1. The van der Waals surface area contributed by atoms with Gasteiger partial charge in [-0.1, -0.05) is 69.2 Å². The topological polar surface area (TPSA) is 127 Å². The van der Waals surface area contributed by atoms with Crippen molar-refractivity contribution in [2.75, 3.05) is 0 Å². The largest absolute Gasteiger partial charge is 0.481 e. The van der Waals surface area contributed by atoms with E-state index in [0.29, 0.717) is 29.3 Å². The van der Waals surface area contributed by atoms with E-state index in [1.807, 2.05) is 53.7 Å². The fourth-order valence-corrected chi connectivity index (χ4v) is 16.3. The Morgan fingerprint density at radius 1 is 0.453 bits per heavy atom. The van der Waals surface area contributed by atoms with Crippen LogP contribution in [-0.4, -0.2) is 51.9 Å². The van der Waals surface area contributed by atoms with Gasteiger partial charge in [-0.05, 0) is 97.2 Å². The molecule has 0 atom stereocenters. The predicted molar refractivity (Wildman–Crippen MR) is 291 cm³/mol. The Kier molecular flexibility index (Phi) is 16.5. The number of hydrogen-bond donors (Lipinski definition) is 2. The number of halogens is 6. The second-order valence-electron chi connectivity index (χ2n) is 20.5. The van der Waals surface area contributed by atoms with Crippen LogP contribution in [0, 0.1) is 0 Å². The monoisotopic (exact) mass is 1150 g/mol. The lowest BCUT2D eigenvalue weighted by Gasteiger charge is -2.30. The molecule has 8 nitrogen and oxygen atoms in total. The number of carbonyl (C=O) groups is 4. The number of rotatable bonds is 20. The van der Waals surface area contributed by atoms with Gasteiger partial charge in [-0.15, -0.1) is 68.0 Å². The van der Waals surface area contributed by atoms with E-state index in [4.69, 9.17) is 9.47 Å². The second kappa shape index (κ2) is 21.3. The van der Waals surface area contributed by atoms with Crippen molar-refractivity contribution < 1.29 is 65.2 Å². The molecule has 6 aromatic heterocycles. The van der Waals surface area contributed by atoms with Gasteiger partial charge in [-0.3, -0.25) is 19.2 Å². The molecule has 6 aromatic rings. The number of hydrogen-bond acceptors (Lipinski definition) is 12. The Bertz CT molecular complexity index is 2930. The van der Waals surface area contributed by atoms with E-state index in [-0.39, 0.29) is 56.0 Å². The first-order valence-electron chi connectivity index (χ1n) is 24.4. The molecule has 1 aliphatic carbocycles. The summed E-state index contributed by atoms with van der Waals surface area (Å²) in [6.45, 7) is 19.0. The molecule has 0 unspecified atom stereocenters. The molecule has 0 spiro atoms. The third-order valence-corrected chi connectivity index (χ3v) is 22.0. The first kappa shape index (κ1) is 58.1. The predicted octanol–water partition coefficient (Wildman–Crippen LogP) is 18.0. The summed E-state index contributed by atoms with van der Waals surface area (Å²) < 4.78 is 115. The molecule has 0 amide bonds. The molecule has 0 saturated carbocycles. The molecule has 1 aliphatic rings. The van der Waals surface area contributed by atoms with Gasteiger partial charge in [0.1, 0.15) is 11.2 Å². The van der Waals surface area contributed by atoms with Gasteiger partial charge >= 0.3 is 41.6 Å². The van der Waals surface area contributed by atoms with Gasteiger partial charge in [0.15, 0.2) is 0 Å². The lowest BCUT2D eigenvalue weighted by molar-refractivity contribution is -0.254. The fourth-order valence-electron chi connectivity index (χ4n) is 8.89. The number of ether oxygens (including phenoxy) is 2. The molecule has 6 heterocycles. The summed E-state index contributed by atoms with van der Waals surface area (Å²) in [6, 6.07) is 16.3. The van der Waals surface area contributed by atoms with Gasteiger partial charge in [0.25, 0.3) is 0 Å². The molecule has 404 valence electrons. The van der Waals surface area contributed by atoms with Crippen LogP contribution >= 0.6 is 68.0 Å². The molecule has 0 saturated heterocycles. The van der Waals surface area contributed by atoms with Gasteiger partial charge in [0.05, 0.1) is 35.4 Å². The number of esters is 2. The zero-order chi connectivity index (χ0) is 55.4. The average Bonchev–Trinajstić information content (AvgIpc) is 4.19. The molecule has 0 radical (unpaired) electrons. The van der Waals surface area contributed by atoms with Crippen LogP contribution in [0.3, 0.4) is 0 Å². The number of allylic oxidation sites excluding steroid dienone is 2. The van der Waals surface area contributed by atoms with Crippen LogP contribution in [0.5, 0.6) is 0 Å². The maximum absolute atomic E-state index is 17.4. The van der Waals surface area contributed by atoms with Crippen molar-refractivity contribution in [2.24, 2.45) is 0 Å². The number of alkyl halides is 6. The van der Waals surface area contributed by atoms with Gasteiger partial charge in [0.2, 0.25) is 0 Å². The summed E-state index contributed by atoms with van der Waals surface area (Å²) in [7, 11) is 0. The van der Waals surface area contributed by atoms with E-state index >= 15 is 26.3 Å². The Labute approximate surface area is 456 Å². The molecule has 0 fully saturated rings. The first-order chi connectivity index (χ1) is 34.9. The smallest absolute Gasteiger partial charge is 0.380 e. The van der Waals surface area contributed by atoms with Crippen molar-refractivity contribution in [1.29, 1.82) is 0 Å². The molecule has 20 heteroatoms. The van der Waals surface area contributed by atoms with E-state index in [9.17, 15) is 29.4 Å². The molecule has 2 N–H and O–H groups in total. The van der Waals surface area contributed by atoms with Crippen molar-refractivity contribution in [1.82, 2.24) is 0 Å². The Morgan fingerprint density at radius 2 is 0.760 bits per heavy atom. The van der Waals surface area contributed by atoms with Gasteiger partial charge < -0.3 is 19.7 Å². The molecule has 75 heavy (non-hydrogen) atoms. The van der Waals surface area contributed by atoms with E-state index < -0.39 is 101 Å². The quantitative estimate of drug-likeness (QED) is 0.0572. The highest BCUT2D eigenvalue weighted by Gasteiger charge is 2.80. The summed E-state index contributed by atoms with van der Waals surface area (Å²) in [6.07, 6.45) is -0.885. The summed E-state index contributed by atoms with van der Waals surface area (Å²) in [5, 5.41) is 18.5.